The van der Waals surface area contributed by atoms with Crippen molar-refractivity contribution in [2.24, 2.45) is 56.4 Å². The number of ether oxygens (including phenoxy) is 4. The average molecular weight is 1430 g/mol. The van der Waals surface area contributed by atoms with Gasteiger partial charge in [-0.25, -0.2) is 19.2 Å². The molecular weight excluding hydrogens is 1340 g/mol. The second kappa shape index (κ2) is 34.0. The number of anilines is 4. The molecule has 0 amide bonds. The van der Waals surface area contributed by atoms with Gasteiger partial charge in [-0.1, -0.05) is 63.4 Å². The van der Waals surface area contributed by atoms with Crippen LogP contribution in [0.15, 0.2) is 194 Å². The summed E-state index contributed by atoms with van der Waals surface area (Å²) in [6.45, 7) is 7.94. The van der Waals surface area contributed by atoms with E-state index < -0.39 is 0 Å². The average Bonchev–Trinajstić information content (AvgIpc) is 1.64. The number of phenolic OH excluding ortho intramolecular Hbond substituents is 4. The van der Waals surface area contributed by atoms with Crippen LogP contribution in [0, 0.1) is 20.8 Å². The molecule has 9 aromatic carbocycles. The lowest BCUT2D eigenvalue weighted by molar-refractivity contribution is 0.198. The highest BCUT2D eigenvalue weighted by atomic mass is 79.9. The Labute approximate surface area is 587 Å². The highest BCUT2D eigenvalue weighted by Crippen LogP contribution is 2.35. The van der Waals surface area contributed by atoms with E-state index in [9.17, 15) is 24.3 Å². The van der Waals surface area contributed by atoms with Crippen LogP contribution in [-0.4, -0.2) is 70.2 Å². The molecule has 4 aromatic heterocycles. The highest BCUT2D eigenvalue weighted by Gasteiger charge is 2.17. The number of aromatic hydroxyl groups is 4. The molecule has 13 aromatic rings. The molecule has 0 spiro atoms. The molecule has 528 valence electrons. The van der Waals surface area contributed by atoms with E-state index in [-0.39, 0.29) is 54.9 Å². The molecule has 0 atom stereocenters. The summed E-state index contributed by atoms with van der Waals surface area (Å²) in [7, 11) is 13.8. The molecule has 0 bridgehead atoms. The van der Waals surface area contributed by atoms with E-state index in [0.717, 1.165) is 90.0 Å². The van der Waals surface area contributed by atoms with E-state index in [1.807, 2.05) is 87.5 Å². The van der Waals surface area contributed by atoms with E-state index in [2.05, 4.69) is 15.9 Å². The SMILES string of the molecule is C.C.C1CCOC1.Cc1cccc(O)c1.Cc1cccc(Oc2cc3c(cc2N)n(C)c(=O)n3C)c1.Cc1cccc(Oc2cc3c(cc2N)n(C)c(=O)n3C)c1.Cn1c(=O)n(C)c2cc(Br)c(N)cc21.Cn1c(=O)n(C)c2cc(Oc3cccc(O)c3)c(N)cc21.Oc1cccc(O)c1. The van der Waals surface area contributed by atoms with Crippen molar-refractivity contribution in [1.29, 1.82) is 0 Å². The van der Waals surface area contributed by atoms with Crippen molar-refractivity contribution in [2.45, 2.75) is 48.5 Å². The summed E-state index contributed by atoms with van der Waals surface area (Å²) in [5.41, 5.74) is 35.2. The largest absolute Gasteiger partial charge is 0.508 e. The number of hydrogen-bond donors (Lipinski definition) is 8. The fourth-order valence-corrected chi connectivity index (χ4v) is 10.7. The van der Waals surface area contributed by atoms with E-state index >= 15 is 0 Å². The molecule has 0 radical (unpaired) electrons. The molecule has 5 heterocycles. The van der Waals surface area contributed by atoms with E-state index in [1.54, 1.807) is 163 Å². The van der Waals surface area contributed by atoms with Crippen LogP contribution < -0.4 is 59.9 Å². The summed E-state index contributed by atoms with van der Waals surface area (Å²) in [6, 6.07) is 49.1. The van der Waals surface area contributed by atoms with Crippen molar-refractivity contribution >= 4 is 82.8 Å². The van der Waals surface area contributed by atoms with Gasteiger partial charge in [0, 0.05) is 110 Å². The number of hydrogen-bond acceptors (Lipinski definition) is 16. The van der Waals surface area contributed by atoms with Gasteiger partial charge in [-0.3, -0.25) is 36.5 Å². The number of halogens is 1. The first-order valence-electron chi connectivity index (χ1n) is 30.7. The zero-order valence-corrected chi connectivity index (χ0v) is 57.9. The number of imidazole rings is 4. The van der Waals surface area contributed by atoms with Gasteiger partial charge in [0.25, 0.3) is 0 Å². The molecule has 14 rings (SSSR count). The van der Waals surface area contributed by atoms with Crippen molar-refractivity contribution in [3.63, 3.8) is 0 Å². The Balaban J connectivity index is 0.000000191. The number of phenols is 4. The van der Waals surface area contributed by atoms with E-state index in [1.165, 1.54) is 46.2 Å². The van der Waals surface area contributed by atoms with Crippen molar-refractivity contribution < 1.29 is 39.4 Å². The molecule has 25 heteroatoms. The zero-order chi connectivity index (χ0) is 71.4. The third-order valence-corrected chi connectivity index (χ3v) is 16.4. The first kappa shape index (κ1) is 77.3. The summed E-state index contributed by atoms with van der Waals surface area (Å²) in [5, 5.41) is 35.6. The monoisotopic (exact) mass is 1430 g/mol. The second-order valence-electron chi connectivity index (χ2n) is 23.2. The van der Waals surface area contributed by atoms with Crippen LogP contribution in [0.3, 0.4) is 0 Å². The summed E-state index contributed by atoms with van der Waals surface area (Å²) in [4.78, 5) is 47.4. The van der Waals surface area contributed by atoms with Gasteiger partial charge in [0.05, 0.1) is 61.2 Å². The number of nitrogens with zero attached hydrogens (tertiary/aromatic N) is 8. The highest BCUT2D eigenvalue weighted by molar-refractivity contribution is 9.10. The number of aromatic nitrogens is 8. The van der Waals surface area contributed by atoms with Crippen molar-refractivity contribution in [3.05, 3.63) is 233 Å². The minimum atomic E-state index is -0.126. The fraction of sp³-hybridized carbons (Fsp3) is 0.227. The number of nitrogens with two attached hydrogens (primary N) is 4. The first-order chi connectivity index (χ1) is 46.5. The lowest BCUT2D eigenvalue weighted by Gasteiger charge is -2.10. The minimum absolute atomic E-state index is 0. The van der Waals surface area contributed by atoms with Crippen molar-refractivity contribution in [3.8, 4) is 57.5 Å². The van der Waals surface area contributed by atoms with Crippen molar-refractivity contribution in [2.75, 3.05) is 36.1 Å². The zero-order valence-electron chi connectivity index (χ0n) is 56.3. The van der Waals surface area contributed by atoms with Crippen LogP contribution in [0.5, 0.6) is 57.5 Å². The molecule has 0 saturated carbocycles. The van der Waals surface area contributed by atoms with Gasteiger partial charge >= 0.3 is 22.8 Å². The fourth-order valence-electron chi connectivity index (χ4n) is 10.3. The maximum atomic E-state index is 12.0. The van der Waals surface area contributed by atoms with Gasteiger partial charge in [-0.15, -0.1) is 0 Å². The molecular formula is C75H89BrN12O12. The molecule has 0 unspecified atom stereocenters. The van der Waals surface area contributed by atoms with Crippen molar-refractivity contribution in [1.82, 2.24) is 36.5 Å². The second-order valence-corrected chi connectivity index (χ2v) is 24.1. The van der Waals surface area contributed by atoms with Crippen LogP contribution in [0.4, 0.5) is 22.7 Å². The Morgan fingerprint density at radius 2 is 0.590 bits per heavy atom. The molecule has 24 nitrogen and oxygen atoms in total. The van der Waals surface area contributed by atoms with Gasteiger partial charge in [-0.2, -0.15) is 0 Å². The quantitative estimate of drug-likeness (QED) is 0.0717. The molecule has 0 aliphatic carbocycles. The molecule has 1 fully saturated rings. The predicted octanol–water partition coefficient (Wildman–Crippen LogP) is 13.2. The van der Waals surface area contributed by atoms with Crippen LogP contribution in [-0.2, 0) is 61.1 Å². The number of aryl methyl sites for hydroxylation is 11. The summed E-state index contributed by atoms with van der Waals surface area (Å²) in [6.07, 6.45) is 2.56. The Kier molecular flexibility index (Phi) is 26.3. The summed E-state index contributed by atoms with van der Waals surface area (Å²) in [5.74, 6) is 4.09. The van der Waals surface area contributed by atoms with Crippen LogP contribution in [0.1, 0.15) is 44.4 Å². The number of nitrogen functional groups attached to an aromatic ring is 4. The topological polar surface area (TPSA) is 330 Å². The van der Waals surface area contributed by atoms with Gasteiger partial charge < -0.3 is 62.3 Å². The maximum absolute atomic E-state index is 12.0. The molecule has 1 aliphatic rings. The Morgan fingerprint density at radius 1 is 0.340 bits per heavy atom. The Morgan fingerprint density at radius 3 is 0.850 bits per heavy atom. The standard InChI is InChI=1S/2C16H17N3O2.C15H15N3O3.C9H10BrN3O.C7H8O.C6H6O2.C4H8O.2CH4/c2*1-10-5-4-6-11(7-10)21-15-9-14-13(8-12(15)17)18(2)16(20)19(14)3;1-17-12-7-11(16)14(8-13(12)18(2)15(17)20)21-10-5-3-4-9(19)6-10;1-12-7-3-5(10)6(11)4-8(7)13(2)9(12)14;1-6-3-2-4-7(8)5-6;7-5-2-1-3-6(8)4-5;1-2-4-5-3-1;;/h2*4-9H,17H2,1-3H3;3-8,19H,16H2,1-2H3;3-4H,11H2,1-2H3;2-5,8H,1H3;1-4,7-8H;1-4H2;2*1H4. The van der Waals surface area contributed by atoms with E-state index in [4.69, 9.17) is 57.2 Å². The predicted molar refractivity (Wildman–Crippen MR) is 405 cm³/mol. The van der Waals surface area contributed by atoms with Gasteiger partial charge in [0.1, 0.15) is 40.2 Å². The smallest absolute Gasteiger partial charge is 0.328 e. The number of fused-ring (bicyclic) bond motifs is 4. The normalized spacial score (nSPS) is 11.1. The molecule has 1 saturated heterocycles. The Hall–Kier alpha value is -11.7. The van der Waals surface area contributed by atoms with E-state index in [0.29, 0.717) is 51.5 Å². The molecule has 12 N–H and O–H groups in total. The Bertz CT molecular complexity index is 4770. The molecule has 100 heavy (non-hydrogen) atoms. The van der Waals surface area contributed by atoms with Gasteiger partial charge in [0.15, 0.2) is 17.2 Å². The molecule has 1 aliphatic heterocycles. The van der Waals surface area contributed by atoms with Gasteiger partial charge in [-0.05, 0) is 157 Å². The minimum Gasteiger partial charge on any atom is -0.508 e. The van der Waals surface area contributed by atoms with Gasteiger partial charge in [0.2, 0.25) is 0 Å². The summed E-state index contributed by atoms with van der Waals surface area (Å²) >= 11 is 3.33. The van der Waals surface area contributed by atoms with Crippen LogP contribution >= 0.6 is 15.9 Å². The van der Waals surface area contributed by atoms with Crippen LogP contribution in [0.25, 0.3) is 44.1 Å². The lowest BCUT2D eigenvalue weighted by atomic mass is 10.2. The third-order valence-electron chi connectivity index (χ3n) is 15.7. The van der Waals surface area contributed by atoms with Crippen LogP contribution in [0.2, 0.25) is 0 Å². The maximum Gasteiger partial charge on any atom is 0.328 e. The lowest BCUT2D eigenvalue weighted by Crippen LogP contribution is -2.19. The number of benzene rings is 9. The third kappa shape index (κ3) is 18.7. The number of rotatable bonds is 6. The first-order valence-corrected chi connectivity index (χ1v) is 31.5. The summed E-state index contributed by atoms with van der Waals surface area (Å²) < 4.78 is 35.7.